The van der Waals surface area contributed by atoms with E-state index in [0.29, 0.717) is 33.0 Å². The Labute approximate surface area is 111 Å². The molecule has 0 aliphatic rings. The third kappa shape index (κ3) is 6.61. The van der Waals surface area contributed by atoms with Gasteiger partial charge in [-0.1, -0.05) is 0 Å². The van der Waals surface area contributed by atoms with Crippen LogP contribution in [0.25, 0.3) is 0 Å². The van der Waals surface area contributed by atoms with Crippen molar-refractivity contribution >= 4 is 0 Å². The summed E-state index contributed by atoms with van der Waals surface area (Å²) >= 11 is 1.70. The van der Waals surface area contributed by atoms with Crippen LogP contribution in [0.1, 0.15) is 13.3 Å². The summed E-state index contributed by atoms with van der Waals surface area (Å²) in [7, 11) is 0. The van der Waals surface area contributed by atoms with Crippen LogP contribution in [0, 0.1) is 5.41 Å². The summed E-state index contributed by atoms with van der Waals surface area (Å²) in [5.41, 5.74) is -0.0687. The zero-order valence-electron chi connectivity index (χ0n) is 10.0. The van der Waals surface area contributed by atoms with Gasteiger partial charge in [-0.3, -0.25) is 0 Å². The average molecular weight is 261 g/mol. The van der Waals surface area contributed by atoms with Crippen molar-refractivity contribution in [2.45, 2.75) is 13.3 Å². The van der Waals surface area contributed by atoms with Gasteiger partial charge < -0.3 is 0 Å². The average Bonchev–Trinajstić information content (AvgIpc) is 2.29. The minimum atomic E-state index is -0.0687. The van der Waals surface area contributed by atoms with Crippen LogP contribution in [0.3, 0.4) is 0 Å². The Hall–Kier alpha value is 0.0743. The van der Waals surface area contributed by atoms with Gasteiger partial charge in [-0.2, -0.15) is 0 Å². The van der Waals surface area contributed by atoms with E-state index in [9.17, 15) is 0 Å². The SMILES string of the molecule is C=CCOCC(CC)(C[O][Ti])COCC=C. The Balaban J connectivity index is 4.18. The molecule has 0 aromatic carbocycles. The van der Waals surface area contributed by atoms with Gasteiger partial charge in [0.2, 0.25) is 0 Å². The molecule has 0 rings (SSSR count). The fourth-order valence-electron chi connectivity index (χ4n) is 1.30. The molecule has 16 heavy (non-hydrogen) atoms. The van der Waals surface area contributed by atoms with Gasteiger partial charge >= 0.3 is 111 Å². The second-order valence-electron chi connectivity index (χ2n) is 3.75. The molecular weight excluding hydrogens is 240 g/mol. The number of ether oxygens (including phenoxy) is 2. The first-order valence-corrected chi connectivity index (χ1v) is 6.04. The molecule has 0 unspecified atom stereocenters. The Morgan fingerprint density at radius 2 is 1.56 bits per heavy atom. The van der Waals surface area contributed by atoms with Crippen LogP contribution in [0.5, 0.6) is 0 Å². The van der Waals surface area contributed by atoms with E-state index in [1.165, 1.54) is 0 Å². The number of hydrogen-bond acceptors (Lipinski definition) is 3. The minimum absolute atomic E-state index is 0.0687. The second-order valence-corrected chi connectivity index (χ2v) is 4.20. The van der Waals surface area contributed by atoms with E-state index in [-0.39, 0.29) is 5.41 Å². The molecule has 0 atom stereocenters. The van der Waals surface area contributed by atoms with Gasteiger partial charge in [0.15, 0.2) is 0 Å². The molecule has 3 nitrogen and oxygen atoms in total. The van der Waals surface area contributed by atoms with Gasteiger partial charge in [-0.15, -0.1) is 0 Å². The summed E-state index contributed by atoms with van der Waals surface area (Å²) in [5.74, 6) is 0. The van der Waals surface area contributed by atoms with Crippen molar-refractivity contribution in [2.24, 2.45) is 5.41 Å². The Morgan fingerprint density at radius 1 is 1.06 bits per heavy atom. The van der Waals surface area contributed by atoms with E-state index in [4.69, 9.17) is 12.8 Å². The molecule has 0 amide bonds. The maximum atomic E-state index is 5.52. The van der Waals surface area contributed by atoms with Crippen LogP contribution < -0.4 is 0 Å². The predicted molar refractivity (Wildman–Crippen MR) is 60.7 cm³/mol. The predicted octanol–water partition coefficient (Wildman–Crippen LogP) is 2.27. The molecule has 0 aromatic rings. The van der Waals surface area contributed by atoms with E-state index < -0.39 is 0 Å². The van der Waals surface area contributed by atoms with Gasteiger partial charge in [0.1, 0.15) is 0 Å². The summed E-state index contributed by atoms with van der Waals surface area (Å²) in [6.45, 7) is 12.4. The fourth-order valence-corrected chi connectivity index (χ4v) is 1.78. The molecule has 0 saturated heterocycles. The Morgan fingerprint density at radius 3 is 1.88 bits per heavy atom. The Kier molecular flexibility index (Phi) is 10.3. The molecule has 0 N–H and O–H groups in total. The molecule has 0 fully saturated rings. The summed E-state index contributed by atoms with van der Waals surface area (Å²) in [6.07, 6.45) is 4.45. The van der Waals surface area contributed by atoms with Crippen LogP contribution in [0.15, 0.2) is 25.3 Å². The van der Waals surface area contributed by atoms with E-state index in [1.807, 2.05) is 0 Å². The third-order valence-corrected chi connectivity index (χ3v) is 2.64. The summed E-state index contributed by atoms with van der Waals surface area (Å²) in [5, 5.41) is 0. The van der Waals surface area contributed by atoms with E-state index in [2.05, 4.69) is 20.1 Å². The number of hydrogen-bond donors (Lipinski definition) is 0. The van der Waals surface area contributed by atoms with Crippen LogP contribution >= 0.6 is 0 Å². The van der Waals surface area contributed by atoms with Crippen LogP contribution in [0.4, 0.5) is 0 Å². The van der Waals surface area contributed by atoms with Gasteiger partial charge in [0.25, 0.3) is 0 Å². The number of rotatable bonds is 11. The van der Waals surface area contributed by atoms with Crippen molar-refractivity contribution in [1.29, 1.82) is 0 Å². The van der Waals surface area contributed by atoms with Crippen molar-refractivity contribution in [3.63, 3.8) is 0 Å². The van der Waals surface area contributed by atoms with Crippen molar-refractivity contribution in [1.82, 2.24) is 0 Å². The summed E-state index contributed by atoms with van der Waals surface area (Å²) in [6, 6.07) is 0. The van der Waals surface area contributed by atoms with Crippen LogP contribution in [-0.2, 0) is 33.6 Å². The van der Waals surface area contributed by atoms with E-state index in [0.717, 1.165) is 6.42 Å². The van der Waals surface area contributed by atoms with Gasteiger partial charge in [-0.25, -0.2) is 0 Å². The zero-order valence-corrected chi connectivity index (χ0v) is 11.6. The third-order valence-electron chi connectivity index (χ3n) is 2.42. The molecular formula is C12H21O3Ti. The van der Waals surface area contributed by atoms with E-state index in [1.54, 1.807) is 33.0 Å². The van der Waals surface area contributed by atoms with E-state index >= 15 is 0 Å². The first-order valence-electron chi connectivity index (χ1n) is 5.40. The molecule has 4 heteroatoms. The molecule has 0 spiro atoms. The molecule has 0 aliphatic heterocycles. The topological polar surface area (TPSA) is 27.7 Å². The summed E-state index contributed by atoms with van der Waals surface area (Å²) in [4.78, 5) is 0. The molecule has 0 aromatic heterocycles. The molecule has 0 bridgehead atoms. The zero-order chi connectivity index (χ0) is 12.3. The first-order chi connectivity index (χ1) is 7.74. The maximum absolute atomic E-state index is 5.52. The second kappa shape index (κ2) is 10.2. The van der Waals surface area contributed by atoms with Crippen molar-refractivity contribution in [3.05, 3.63) is 25.3 Å². The van der Waals surface area contributed by atoms with Gasteiger partial charge in [0, 0.05) is 0 Å². The molecule has 0 saturated carbocycles. The van der Waals surface area contributed by atoms with Crippen molar-refractivity contribution in [2.75, 3.05) is 33.0 Å². The standard InChI is InChI=1S/C12H21O3.Ti/c1-4-7-14-10-12(6-3,9-13)11-15-8-5-2;/h4-5H,1-2,6-11H2,3H3;/q-1;+1. The van der Waals surface area contributed by atoms with Crippen LogP contribution in [0.2, 0.25) is 0 Å². The molecule has 0 radical (unpaired) electrons. The fraction of sp³-hybridized carbons (Fsp3) is 0.667. The first kappa shape index (κ1) is 16.1. The van der Waals surface area contributed by atoms with Gasteiger partial charge in [-0.05, 0) is 0 Å². The summed E-state index contributed by atoms with van der Waals surface area (Å²) < 4.78 is 16.3. The van der Waals surface area contributed by atoms with Crippen molar-refractivity contribution in [3.8, 4) is 0 Å². The molecule has 91 valence electrons. The molecule has 0 heterocycles. The monoisotopic (exact) mass is 261 g/mol. The molecule has 0 aliphatic carbocycles. The van der Waals surface area contributed by atoms with Gasteiger partial charge in [0.05, 0.1) is 0 Å². The normalized spacial score (nSPS) is 11.2. The Bertz CT molecular complexity index is 181. The van der Waals surface area contributed by atoms with Crippen molar-refractivity contribution < 1.29 is 33.6 Å². The quantitative estimate of drug-likeness (QED) is 0.324. The van der Waals surface area contributed by atoms with Crippen LogP contribution in [-0.4, -0.2) is 33.0 Å².